The van der Waals surface area contributed by atoms with Crippen molar-refractivity contribution in [1.29, 1.82) is 0 Å². The van der Waals surface area contributed by atoms with Gasteiger partial charge in [0.05, 0.1) is 26.9 Å². The van der Waals surface area contributed by atoms with E-state index in [1.807, 2.05) is 30.3 Å². The van der Waals surface area contributed by atoms with Crippen LogP contribution in [0.3, 0.4) is 0 Å². The van der Waals surface area contributed by atoms with E-state index in [0.717, 1.165) is 36.7 Å². The Morgan fingerprint density at radius 1 is 0.906 bits per heavy atom. The van der Waals surface area contributed by atoms with Crippen molar-refractivity contribution in [2.75, 3.05) is 43.8 Å². The molecule has 0 unspecified atom stereocenters. The van der Waals surface area contributed by atoms with Gasteiger partial charge in [-0.25, -0.2) is 0 Å². The first-order valence-electron chi connectivity index (χ1n) is 10.4. The summed E-state index contributed by atoms with van der Waals surface area (Å²) in [5.74, 6) is 1.81. The molecular weight excluding hydrogens is 406 g/mol. The second-order valence-corrected chi connectivity index (χ2v) is 7.60. The molecule has 0 saturated carbocycles. The predicted molar refractivity (Wildman–Crippen MR) is 126 cm³/mol. The van der Waals surface area contributed by atoms with Crippen LogP contribution in [0.1, 0.15) is 21.5 Å². The lowest BCUT2D eigenvalue weighted by molar-refractivity contribution is 0.102. The molecule has 1 aliphatic rings. The third-order valence-corrected chi connectivity index (χ3v) is 5.71. The average molecular weight is 434 g/mol. The number of rotatable bonds is 6. The highest BCUT2D eigenvalue weighted by molar-refractivity contribution is 6.08. The summed E-state index contributed by atoms with van der Waals surface area (Å²) in [7, 11) is 4.86. The smallest absolute Gasteiger partial charge is 0.257 e. The fourth-order valence-electron chi connectivity index (χ4n) is 3.92. The molecule has 3 N–H and O–H groups in total. The minimum Gasteiger partial charge on any atom is -0.497 e. The van der Waals surface area contributed by atoms with Gasteiger partial charge in [-0.05, 0) is 72.1 Å². The quantitative estimate of drug-likeness (QED) is 0.569. The van der Waals surface area contributed by atoms with Gasteiger partial charge in [0.2, 0.25) is 0 Å². The van der Waals surface area contributed by atoms with Gasteiger partial charge < -0.3 is 30.2 Å². The summed E-state index contributed by atoms with van der Waals surface area (Å²) in [5.41, 5.74) is 11.0. The molecule has 0 aliphatic carbocycles. The number of methoxy groups -OCH3 is 3. The van der Waals surface area contributed by atoms with Crippen molar-refractivity contribution in [2.45, 2.75) is 13.0 Å². The number of nitrogens with one attached hydrogen (secondary N) is 1. The van der Waals surface area contributed by atoms with Crippen molar-refractivity contribution >= 4 is 23.0 Å². The van der Waals surface area contributed by atoms with Gasteiger partial charge in [-0.1, -0.05) is 0 Å². The molecule has 0 saturated heterocycles. The number of carbonyl (C=O) groups excluding carboxylic acids is 1. The fourth-order valence-corrected chi connectivity index (χ4v) is 3.92. The summed E-state index contributed by atoms with van der Waals surface area (Å²) < 4.78 is 16.1. The van der Waals surface area contributed by atoms with E-state index in [0.29, 0.717) is 22.7 Å². The predicted octanol–water partition coefficient (Wildman–Crippen LogP) is 4.11. The normalized spacial score (nSPS) is 12.7. The van der Waals surface area contributed by atoms with E-state index < -0.39 is 0 Å². The van der Waals surface area contributed by atoms with Crippen LogP contribution in [0.5, 0.6) is 17.2 Å². The van der Waals surface area contributed by atoms with E-state index in [1.54, 1.807) is 39.5 Å². The molecule has 1 amide bonds. The molecule has 0 aromatic heterocycles. The maximum absolute atomic E-state index is 12.7. The van der Waals surface area contributed by atoms with Crippen LogP contribution >= 0.6 is 0 Å². The van der Waals surface area contributed by atoms with E-state index in [-0.39, 0.29) is 5.91 Å². The Morgan fingerprint density at radius 3 is 2.25 bits per heavy atom. The van der Waals surface area contributed by atoms with Crippen LogP contribution in [0.2, 0.25) is 0 Å². The molecule has 32 heavy (non-hydrogen) atoms. The van der Waals surface area contributed by atoms with Crippen molar-refractivity contribution in [3.8, 4) is 17.2 Å². The zero-order valence-electron chi connectivity index (χ0n) is 18.5. The van der Waals surface area contributed by atoms with E-state index in [9.17, 15) is 4.79 Å². The number of anilines is 3. The van der Waals surface area contributed by atoms with Crippen molar-refractivity contribution in [3.63, 3.8) is 0 Å². The Labute approximate surface area is 187 Å². The Hall–Kier alpha value is -3.87. The maximum Gasteiger partial charge on any atom is 0.257 e. The minimum atomic E-state index is -0.276. The summed E-state index contributed by atoms with van der Waals surface area (Å²) >= 11 is 0. The van der Waals surface area contributed by atoms with E-state index in [2.05, 4.69) is 16.3 Å². The van der Waals surface area contributed by atoms with Crippen LogP contribution in [0, 0.1) is 0 Å². The van der Waals surface area contributed by atoms with Gasteiger partial charge in [0, 0.05) is 30.2 Å². The molecule has 166 valence electrons. The van der Waals surface area contributed by atoms with Gasteiger partial charge in [-0.15, -0.1) is 0 Å². The lowest BCUT2D eigenvalue weighted by Gasteiger charge is -2.31. The molecule has 3 aromatic carbocycles. The standard InChI is InChI=1S/C25H27N3O4/c1-30-20-8-9-22(26)21(14-20)25(29)27-18-4-6-19(7-5-18)28-11-10-16-12-23(31-2)24(32-3)13-17(16)15-28/h4-9,12-14H,10-11,15,26H2,1-3H3,(H,27,29). The Bertz CT molecular complexity index is 1130. The molecule has 7 heteroatoms. The van der Waals surface area contributed by atoms with E-state index in [1.165, 1.54) is 11.1 Å². The first-order valence-corrected chi connectivity index (χ1v) is 10.4. The lowest BCUT2D eigenvalue weighted by atomic mass is 9.98. The van der Waals surface area contributed by atoms with Crippen molar-refractivity contribution in [1.82, 2.24) is 0 Å². The number of nitrogens with zero attached hydrogens (tertiary/aromatic N) is 1. The minimum absolute atomic E-state index is 0.276. The van der Waals surface area contributed by atoms with Crippen LogP contribution in [0.4, 0.5) is 17.1 Å². The highest BCUT2D eigenvalue weighted by Gasteiger charge is 2.20. The monoisotopic (exact) mass is 433 g/mol. The Morgan fingerprint density at radius 2 is 1.59 bits per heavy atom. The number of benzene rings is 3. The number of nitrogens with two attached hydrogens (primary N) is 1. The van der Waals surface area contributed by atoms with Crippen LogP contribution < -0.4 is 30.2 Å². The van der Waals surface area contributed by atoms with Gasteiger partial charge in [0.25, 0.3) is 5.91 Å². The van der Waals surface area contributed by atoms with Gasteiger partial charge in [-0.3, -0.25) is 4.79 Å². The molecular formula is C25H27N3O4. The molecule has 1 heterocycles. The highest BCUT2D eigenvalue weighted by atomic mass is 16.5. The largest absolute Gasteiger partial charge is 0.497 e. The number of nitrogen functional groups attached to an aromatic ring is 1. The molecule has 4 rings (SSSR count). The fraction of sp³-hybridized carbons (Fsp3) is 0.240. The SMILES string of the molecule is COc1ccc(N)c(C(=O)Nc2ccc(N3CCc4cc(OC)c(OC)cc4C3)cc2)c1. The van der Waals surface area contributed by atoms with Crippen LogP contribution in [-0.2, 0) is 13.0 Å². The lowest BCUT2D eigenvalue weighted by Crippen LogP contribution is -2.30. The zero-order valence-corrected chi connectivity index (χ0v) is 18.5. The second-order valence-electron chi connectivity index (χ2n) is 7.60. The number of fused-ring (bicyclic) bond motifs is 1. The third kappa shape index (κ3) is 4.27. The molecule has 0 bridgehead atoms. The third-order valence-electron chi connectivity index (χ3n) is 5.71. The van der Waals surface area contributed by atoms with Crippen molar-refractivity contribution < 1.29 is 19.0 Å². The average Bonchev–Trinajstić information content (AvgIpc) is 2.83. The highest BCUT2D eigenvalue weighted by Crippen LogP contribution is 2.34. The molecule has 0 atom stereocenters. The van der Waals surface area contributed by atoms with Gasteiger partial charge >= 0.3 is 0 Å². The van der Waals surface area contributed by atoms with Crippen LogP contribution in [0.15, 0.2) is 54.6 Å². The van der Waals surface area contributed by atoms with E-state index >= 15 is 0 Å². The van der Waals surface area contributed by atoms with Crippen molar-refractivity contribution in [3.05, 3.63) is 71.3 Å². The number of hydrogen-bond acceptors (Lipinski definition) is 6. The van der Waals surface area contributed by atoms with E-state index in [4.69, 9.17) is 19.9 Å². The molecule has 0 spiro atoms. The summed E-state index contributed by atoms with van der Waals surface area (Å²) in [4.78, 5) is 15.0. The van der Waals surface area contributed by atoms with Gasteiger partial charge in [0.15, 0.2) is 11.5 Å². The summed E-state index contributed by atoms with van der Waals surface area (Å²) in [6.07, 6.45) is 0.920. The van der Waals surface area contributed by atoms with Crippen LogP contribution in [-0.4, -0.2) is 33.8 Å². The summed E-state index contributed by atoms with van der Waals surface area (Å²) in [5, 5.41) is 2.90. The topological polar surface area (TPSA) is 86.0 Å². The Kier molecular flexibility index (Phi) is 6.07. The number of carbonyl (C=O) groups is 1. The zero-order chi connectivity index (χ0) is 22.7. The summed E-state index contributed by atoms with van der Waals surface area (Å²) in [6, 6.07) is 16.9. The van der Waals surface area contributed by atoms with Gasteiger partial charge in [-0.2, -0.15) is 0 Å². The first kappa shape index (κ1) is 21.4. The summed E-state index contributed by atoms with van der Waals surface area (Å²) in [6.45, 7) is 1.68. The Balaban J connectivity index is 1.47. The molecule has 3 aromatic rings. The molecule has 7 nitrogen and oxygen atoms in total. The maximum atomic E-state index is 12.7. The van der Waals surface area contributed by atoms with Crippen molar-refractivity contribution in [2.24, 2.45) is 0 Å². The van der Waals surface area contributed by atoms with Gasteiger partial charge in [0.1, 0.15) is 5.75 Å². The second kappa shape index (κ2) is 9.09. The molecule has 1 aliphatic heterocycles. The molecule has 0 fully saturated rings. The van der Waals surface area contributed by atoms with Crippen LogP contribution in [0.25, 0.3) is 0 Å². The number of ether oxygens (including phenoxy) is 3. The molecule has 0 radical (unpaired) electrons. The number of amides is 1. The number of hydrogen-bond donors (Lipinski definition) is 2. The first-order chi connectivity index (χ1) is 15.5.